The Kier molecular flexibility index (Phi) is 5.77. The predicted molar refractivity (Wildman–Crippen MR) is 196 cm³/mol. The van der Waals surface area contributed by atoms with Crippen molar-refractivity contribution in [2.24, 2.45) is 0 Å². The molecule has 0 radical (unpaired) electrons. The van der Waals surface area contributed by atoms with Crippen molar-refractivity contribution < 1.29 is 4.74 Å². The summed E-state index contributed by atoms with van der Waals surface area (Å²) in [5.74, 6) is 1.92. The maximum absolute atomic E-state index is 6.50. The lowest BCUT2D eigenvalue weighted by Crippen LogP contribution is -2.35. The topological polar surface area (TPSA) is 9.23 Å². The Hall–Kier alpha value is -5.92. The highest BCUT2D eigenvalue weighted by molar-refractivity contribution is 6.19. The molecule has 0 saturated carbocycles. The molecule has 47 heavy (non-hydrogen) atoms. The van der Waals surface area contributed by atoms with Crippen molar-refractivity contribution in [3.63, 3.8) is 0 Å². The number of hydrogen-bond acceptors (Lipinski definition) is 1. The molecule has 220 valence electrons. The highest BCUT2D eigenvalue weighted by Gasteiger charge is 2.25. The van der Waals surface area contributed by atoms with Gasteiger partial charge in [-0.25, -0.2) is 0 Å². The second kappa shape index (κ2) is 10.3. The first kappa shape index (κ1) is 26.3. The summed E-state index contributed by atoms with van der Waals surface area (Å²) in [6.07, 6.45) is 1.96. The van der Waals surface area contributed by atoms with Gasteiger partial charge in [0.1, 0.15) is 11.5 Å². The molecule has 0 amide bonds. The SMILES string of the molecule is c1cc(-c2cccc3ccccc23)cc(-c2c3ccccc3c(C3=c4cccc5c4=C(CC3)c3ccccc3O5)c3ccccc23)c1. The molecular formula is C46H30O. The summed E-state index contributed by atoms with van der Waals surface area (Å²) >= 11 is 0. The van der Waals surface area contributed by atoms with Crippen LogP contribution in [0.1, 0.15) is 24.0 Å². The second-order valence-corrected chi connectivity index (χ2v) is 12.7. The molecule has 2 aliphatic rings. The highest BCUT2D eigenvalue weighted by atomic mass is 16.5. The monoisotopic (exact) mass is 598 g/mol. The Morgan fingerprint density at radius 2 is 0.936 bits per heavy atom. The molecule has 8 aromatic rings. The van der Waals surface area contributed by atoms with Crippen molar-refractivity contribution in [2.75, 3.05) is 0 Å². The second-order valence-electron chi connectivity index (χ2n) is 12.7. The minimum Gasteiger partial charge on any atom is -0.456 e. The van der Waals surface area contributed by atoms with Crippen molar-refractivity contribution in [3.05, 3.63) is 179 Å². The minimum absolute atomic E-state index is 0.960. The molecule has 0 aromatic heterocycles. The summed E-state index contributed by atoms with van der Waals surface area (Å²) in [5, 5.41) is 10.2. The van der Waals surface area contributed by atoms with E-state index >= 15 is 0 Å². The molecule has 1 aliphatic carbocycles. The summed E-state index contributed by atoms with van der Waals surface area (Å²) in [6.45, 7) is 0. The number of benzene rings is 8. The van der Waals surface area contributed by atoms with Gasteiger partial charge in [0.05, 0.1) is 0 Å². The molecule has 0 fully saturated rings. The molecule has 0 atom stereocenters. The molecule has 0 unspecified atom stereocenters. The normalized spacial score (nSPS) is 13.4. The molecule has 1 nitrogen and oxygen atoms in total. The number of para-hydroxylation sites is 1. The van der Waals surface area contributed by atoms with Crippen molar-refractivity contribution >= 4 is 43.5 Å². The maximum Gasteiger partial charge on any atom is 0.135 e. The maximum atomic E-state index is 6.50. The summed E-state index contributed by atoms with van der Waals surface area (Å²) < 4.78 is 6.50. The molecule has 0 spiro atoms. The number of rotatable bonds is 3. The van der Waals surface area contributed by atoms with Crippen LogP contribution in [0.2, 0.25) is 0 Å². The summed E-state index contributed by atoms with van der Waals surface area (Å²) in [4.78, 5) is 0. The van der Waals surface area contributed by atoms with Gasteiger partial charge in [0, 0.05) is 10.8 Å². The molecule has 8 aromatic carbocycles. The summed E-state index contributed by atoms with van der Waals surface area (Å²) in [6, 6.07) is 57.5. The Morgan fingerprint density at radius 3 is 1.74 bits per heavy atom. The molecule has 10 rings (SSSR count). The van der Waals surface area contributed by atoms with Gasteiger partial charge in [-0.05, 0) is 108 Å². The largest absolute Gasteiger partial charge is 0.456 e. The van der Waals surface area contributed by atoms with E-state index in [9.17, 15) is 0 Å². The zero-order valence-electron chi connectivity index (χ0n) is 25.8. The molecule has 1 heteroatoms. The number of ether oxygens (including phenoxy) is 1. The fourth-order valence-corrected chi connectivity index (χ4v) is 8.22. The quantitative estimate of drug-likeness (QED) is 0.184. The minimum atomic E-state index is 0.960. The molecular weight excluding hydrogens is 569 g/mol. The molecule has 0 saturated heterocycles. The fourth-order valence-electron chi connectivity index (χ4n) is 8.22. The van der Waals surface area contributed by atoms with E-state index in [0.717, 1.165) is 24.3 Å². The summed E-state index contributed by atoms with van der Waals surface area (Å²) in [7, 11) is 0. The van der Waals surface area contributed by atoms with Gasteiger partial charge in [-0.15, -0.1) is 0 Å². The van der Waals surface area contributed by atoms with E-state index in [-0.39, 0.29) is 0 Å². The van der Waals surface area contributed by atoms with Gasteiger partial charge in [0.15, 0.2) is 0 Å². The number of fused-ring (bicyclic) bond motifs is 5. The summed E-state index contributed by atoms with van der Waals surface area (Å²) in [5.41, 5.74) is 10.4. The van der Waals surface area contributed by atoms with Crippen molar-refractivity contribution in [2.45, 2.75) is 12.8 Å². The number of hydrogen-bond donors (Lipinski definition) is 0. The van der Waals surface area contributed by atoms with E-state index < -0.39 is 0 Å². The van der Waals surface area contributed by atoms with Crippen LogP contribution in [-0.4, -0.2) is 0 Å². The zero-order chi connectivity index (χ0) is 30.9. The fraction of sp³-hybridized carbons (Fsp3) is 0.0435. The third kappa shape index (κ3) is 3.96. The van der Waals surface area contributed by atoms with Crippen LogP contribution in [0.15, 0.2) is 158 Å². The predicted octanol–water partition coefficient (Wildman–Crippen LogP) is 10.8. The van der Waals surface area contributed by atoms with Crippen LogP contribution in [0.3, 0.4) is 0 Å². The molecule has 1 heterocycles. The van der Waals surface area contributed by atoms with E-state index in [1.54, 1.807) is 0 Å². The van der Waals surface area contributed by atoms with E-state index in [1.165, 1.54) is 87.3 Å². The Labute approximate surface area is 273 Å². The van der Waals surface area contributed by atoms with Gasteiger partial charge in [-0.1, -0.05) is 140 Å². The average molecular weight is 599 g/mol. The smallest absolute Gasteiger partial charge is 0.135 e. The van der Waals surface area contributed by atoms with Crippen LogP contribution >= 0.6 is 0 Å². The van der Waals surface area contributed by atoms with Crippen molar-refractivity contribution in [1.29, 1.82) is 0 Å². The van der Waals surface area contributed by atoms with Crippen molar-refractivity contribution in [3.8, 4) is 33.8 Å². The van der Waals surface area contributed by atoms with Crippen LogP contribution < -0.4 is 15.2 Å². The van der Waals surface area contributed by atoms with Crippen LogP contribution in [0.4, 0.5) is 0 Å². The van der Waals surface area contributed by atoms with E-state index in [1.807, 2.05) is 0 Å². The first-order valence-electron chi connectivity index (χ1n) is 16.5. The van der Waals surface area contributed by atoms with Gasteiger partial charge in [0.2, 0.25) is 0 Å². The van der Waals surface area contributed by atoms with Gasteiger partial charge in [0.25, 0.3) is 0 Å². The molecule has 1 aliphatic heterocycles. The zero-order valence-corrected chi connectivity index (χ0v) is 25.8. The lowest BCUT2D eigenvalue weighted by atomic mass is 9.80. The van der Waals surface area contributed by atoms with Crippen LogP contribution in [0.25, 0.3) is 65.7 Å². The van der Waals surface area contributed by atoms with Gasteiger partial charge < -0.3 is 4.74 Å². The Morgan fingerprint density at radius 1 is 0.383 bits per heavy atom. The van der Waals surface area contributed by atoms with Crippen LogP contribution in [0.5, 0.6) is 11.5 Å². The average Bonchev–Trinajstić information content (AvgIpc) is 3.14. The lowest BCUT2D eigenvalue weighted by Gasteiger charge is -2.26. The first-order valence-corrected chi connectivity index (χ1v) is 16.5. The Balaban J connectivity index is 1.27. The highest BCUT2D eigenvalue weighted by Crippen LogP contribution is 2.45. The van der Waals surface area contributed by atoms with Gasteiger partial charge >= 0.3 is 0 Å². The van der Waals surface area contributed by atoms with Gasteiger partial charge in [-0.3, -0.25) is 0 Å². The van der Waals surface area contributed by atoms with E-state index in [2.05, 4.69) is 158 Å². The Bertz CT molecular complexity index is 2650. The first-order chi connectivity index (χ1) is 23.3. The van der Waals surface area contributed by atoms with Crippen LogP contribution in [-0.2, 0) is 0 Å². The van der Waals surface area contributed by atoms with Gasteiger partial charge in [-0.2, -0.15) is 0 Å². The molecule has 0 N–H and O–H groups in total. The van der Waals surface area contributed by atoms with Crippen LogP contribution in [0, 0.1) is 0 Å². The molecule has 0 bridgehead atoms. The third-order valence-electron chi connectivity index (χ3n) is 10.2. The standard InChI is InChI=1S/C46H30O/c1-2-16-32-29(12-1)13-10-22-33(32)30-14-9-15-31(28-30)44-35-18-3-5-20-37(35)45(38-21-6-4-19-36(38)44)41-27-26-40-34-17-7-8-24-42(34)47-43-25-11-23-39(41)46(40)43/h1-25,28H,26-27H2. The lowest BCUT2D eigenvalue weighted by molar-refractivity contribution is 0.470. The third-order valence-corrected chi connectivity index (χ3v) is 10.2. The van der Waals surface area contributed by atoms with E-state index in [4.69, 9.17) is 4.74 Å². The van der Waals surface area contributed by atoms with Crippen molar-refractivity contribution in [1.82, 2.24) is 0 Å². The van der Waals surface area contributed by atoms with E-state index in [0.29, 0.717) is 0 Å².